The standard InChI is InChI=1S/C23H27ClFN3O3S/c1-32(30,31)26-20-6-3-16(4-7-20)17-8-11-27(12-9-17)22-10-13-28(23(22)29)15-18-2-5-19(24)14-21(18)25/h2-7,14,17,22,26H,8-13,15H2,1H3/t22-/m1/s1. The smallest absolute Gasteiger partial charge is 0.240 e. The molecule has 2 aliphatic heterocycles. The minimum Gasteiger partial charge on any atom is -0.337 e. The molecule has 2 fully saturated rings. The highest BCUT2D eigenvalue weighted by atomic mass is 35.5. The zero-order valence-electron chi connectivity index (χ0n) is 17.9. The van der Waals surface area contributed by atoms with E-state index in [0.29, 0.717) is 28.7 Å². The highest BCUT2D eigenvalue weighted by molar-refractivity contribution is 7.92. The van der Waals surface area contributed by atoms with Crippen LogP contribution < -0.4 is 4.72 Å². The first kappa shape index (κ1) is 23.0. The summed E-state index contributed by atoms with van der Waals surface area (Å²) in [5, 5.41) is 0.348. The van der Waals surface area contributed by atoms with Crippen LogP contribution in [0.2, 0.25) is 5.02 Å². The van der Waals surface area contributed by atoms with Crippen LogP contribution in [0.5, 0.6) is 0 Å². The van der Waals surface area contributed by atoms with E-state index in [1.54, 1.807) is 29.2 Å². The molecule has 172 valence electrons. The molecule has 2 heterocycles. The number of likely N-dealkylation sites (tertiary alicyclic amines) is 2. The first-order chi connectivity index (χ1) is 15.2. The van der Waals surface area contributed by atoms with E-state index in [0.717, 1.165) is 38.6 Å². The lowest BCUT2D eigenvalue weighted by molar-refractivity contribution is -0.133. The molecule has 0 unspecified atom stereocenters. The number of piperidine rings is 1. The molecular formula is C23H27ClFN3O3S. The molecule has 9 heteroatoms. The third-order valence-electron chi connectivity index (χ3n) is 6.30. The molecule has 32 heavy (non-hydrogen) atoms. The maximum Gasteiger partial charge on any atom is 0.240 e. The molecule has 2 aromatic rings. The Morgan fingerprint density at radius 2 is 1.75 bits per heavy atom. The summed E-state index contributed by atoms with van der Waals surface area (Å²) in [6.45, 7) is 2.55. The second kappa shape index (κ2) is 9.37. The van der Waals surface area contributed by atoms with Crippen LogP contribution in [0, 0.1) is 5.82 Å². The fourth-order valence-electron chi connectivity index (χ4n) is 4.66. The van der Waals surface area contributed by atoms with Gasteiger partial charge in [-0.25, -0.2) is 12.8 Å². The van der Waals surface area contributed by atoms with Crippen molar-refractivity contribution in [3.05, 3.63) is 64.4 Å². The summed E-state index contributed by atoms with van der Waals surface area (Å²) in [5.41, 5.74) is 2.22. The van der Waals surface area contributed by atoms with Crippen molar-refractivity contribution in [2.24, 2.45) is 0 Å². The van der Waals surface area contributed by atoms with Gasteiger partial charge in [-0.05, 0) is 68.1 Å². The van der Waals surface area contributed by atoms with Gasteiger partial charge in [0, 0.05) is 29.4 Å². The molecule has 0 aromatic heterocycles. The van der Waals surface area contributed by atoms with Crippen LogP contribution in [0.3, 0.4) is 0 Å². The van der Waals surface area contributed by atoms with Gasteiger partial charge in [0.1, 0.15) is 5.82 Å². The Balaban J connectivity index is 1.32. The molecule has 4 rings (SSSR count). The molecule has 0 aliphatic carbocycles. The Labute approximate surface area is 193 Å². The lowest BCUT2D eigenvalue weighted by Gasteiger charge is -2.35. The largest absolute Gasteiger partial charge is 0.337 e. The van der Waals surface area contributed by atoms with E-state index >= 15 is 0 Å². The van der Waals surface area contributed by atoms with Crippen molar-refractivity contribution in [1.82, 2.24) is 9.80 Å². The molecule has 0 bridgehead atoms. The van der Waals surface area contributed by atoms with Gasteiger partial charge in [0.25, 0.3) is 0 Å². The topological polar surface area (TPSA) is 69.7 Å². The van der Waals surface area contributed by atoms with Gasteiger partial charge in [0.2, 0.25) is 15.9 Å². The van der Waals surface area contributed by atoms with E-state index in [1.807, 2.05) is 12.1 Å². The minimum atomic E-state index is -3.29. The Hall–Kier alpha value is -2.16. The summed E-state index contributed by atoms with van der Waals surface area (Å²) in [6, 6.07) is 11.9. The van der Waals surface area contributed by atoms with Crippen LogP contribution in [0.15, 0.2) is 42.5 Å². The van der Waals surface area contributed by atoms with Gasteiger partial charge >= 0.3 is 0 Å². The third kappa shape index (κ3) is 5.42. The summed E-state index contributed by atoms with van der Waals surface area (Å²) in [6.07, 6.45) is 3.77. The van der Waals surface area contributed by atoms with Crippen molar-refractivity contribution < 1.29 is 17.6 Å². The van der Waals surface area contributed by atoms with Crippen molar-refractivity contribution in [3.63, 3.8) is 0 Å². The van der Waals surface area contributed by atoms with Gasteiger partial charge in [-0.1, -0.05) is 29.8 Å². The molecule has 6 nitrogen and oxygen atoms in total. The summed E-state index contributed by atoms with van der Waals surface area (Å²) in [7, 11) is -3.29. The number of carbonyl (C=O) groups is 1. The number of halogens is 2. The molecule has 0 saturated carbocycles. The quantitative estimate of drug-likeness (QED) is 0.683. The second-order valence-corrected chi connectivity index (χ2v) is 10.8. The van der Waals surface area contributed by atoms with Crippen molar-refractivity contribution in [3.8, 4) is 0 Å². The molecule has 1 amide bonds. The van der Waals surface area contributed by atoms with Crippen LogP contribution >= 0.6 is 11.6 Å². The first-order valence-corrected chi connectivity index (χ1v) is 13.0. The van der Waals surface area contributed by atoms with Gasteiger partial charge < -0.3 is 4.90 Å². The van der Waals surface area contributed by atoms with E-state index in [9.17, 15) is 17.6 Å². The maximum absolute atomic E-state index is 14.1. The molecule has 1 N–H and O–H groups in total. The number of nitrogens with one attached hydrogen (secondary N) is 1. The van der Waals surface area contributed by atoms with E-state index < -0.39 is 10.0 Å². The summed E-state index contributed by atoms with van der Waals surface area (Å²) < 4.78 is 39.3. The van der Waals surface area contributed by atoms with Crippen LogP contribution in [0.1, 0.15) is 36.3 Å². The summed E-state index contributed by atoms with van der Waals surface area (Å²) in [4.78, 5) is 16.9. The molecule has 0 radical (unpaired) electrons. The number of rotatable bonds is 6. The van der Waals surface area contributed by atoms with E-state index in [1.165, 1.54) is 11.6 Å². The second-order valence-electron chi connectivity index (χ2n) is 8.61. The highest BCUT2D eigenvalue weighted by Gasteiger charge is 2.37. The molecule has 2 saturated heterocycles. The van der Waals surface area contributed by atoms with Crippen LogP contribution in [0.4, 0.5) is 10.1 Å². The summed E-state index contributed by atoms with van der Waals surface area (Å²) >= 11 is 5.82. The lowest BCUT2D eigenvalue weighted by Crippen LogP contribution is -2.45. The fourth-order valence-corrected chi connectivity index (χ4v) is 5.38. The summed E-state index contributed by atoms with van der Waals surface area (Å²) in [5.74, 6) is 0.0654. The molecule has 0 spiro atoms. The number of hydrogen-bond acceptors (Lipinski definition) is 4. The molecular weight excluding hydrogens is 453 g/mol. The molecule has 2 aliphatic rings. The first-order valence-electron chi connectivity index (χ1n) is 10.7. The van der Waals surface area contributed by atoms with Crippen molar-refractivity contribution in [1.29, 1.82) is 0 Å². The van der Waals surface area contributed by atoms with Crippen molar-refractivity contribution in [2.45, 2.75) is 37.8 Å². The van der Waals surface area contributed by atoms with E-state index in [4.69, 9.17) is 11.6 Å². The Kier molecular flexibility index (Phi) is 6.74. The minimum absolute atomic E-state index is 0.0639. The van der Waals surface area contributed by atoms with E-state index in [2.05, 4.69) is 9.62 Å². The predicted octanol–water partition coefficient (Wildman–Crippen LogP) is 3.83. The predicted molar refractivity (Wildman–Crippen MR) is 124 cm³/mol. The van der Waals surface area contributed by atoms with Crippen LogP contribution in [-0.4, -0.2) is 56.1 Å². The fraction of sp³-hybridized carbons (Fsp3) is 0.435. The van der Waals surface area contributed by atoms with E-state index in [-0.39, 0.29) is 24.3 Å². The number of carbonyl (C=O) groups excluding carboxylic acids is 1. The third-order valence-corrected chi connectivity index (χ3v) is 7.14. The van der Waals surface area contributed by atoms with Gasteiger partial charge in [0.15, 0.2) is 0 Å². The number of anilines is 1. The van der Waals surface area contributed by atoms with Crippen molar-refractivity contribution in [2.75, 3.05) is 30.6 Å². The van der Waals surface area contributed by atoms with Gasteiger partial charge in [-0.3, -0.25) is 14.4 Å². The number of amides is 1. The number of benzene rings is 2. The molecule has 2 aromatic carbocycles. The van der Waals surface area contributed by atoms with Crippen LogP contribution in [-0.2, 0) is 21.4 Å². The average molecular weight is 480 g/mol. The monoisotopic (exact) mass is 479 g/mol. The Morgan fingerprint density at radius 3 is 2.38 bits per heavy atom. The van der Waals surface area contributed by atoms with Crippen LogP contribution in [0.25, 0.3) is 0 Å². The number of nitrogens with zero attached hydrogens (tertiary/aromatic N) is 2. The highest BCUT2D eigenvalue weighted by Crippen LogP contribution is 2.32. The van der Waals surface area contributed by atoms with Crippen molar-refractivity contribution >= 4 is 33.2 Å². The average Bonchev–Trinajstić information content (AvgIpc) is 3.10. The SMILES string of the molecule is CS(=O)(=O)Nc1ccc(C2CCN([C@@H]3CCN(Cc4ccc(Cl)cc4F)C3=O)CC2)cc1. The Morgan fingerprint density at radius 1 is 1.06 bits per heavy atom. The van der Waals surface area contributed by atoms with Gasteiger partial charge in [0.05, 0.1) is 12.3 Å². The number of sulfonamides is 1. The maximum atomic E-state index is 14.1. The van der Waals surface area contributed by atoms with Gasteiger partial charge in [-0.2, -0.15) is 0 Å². The normalized spacial score (nSPS) is 20.7. The lowest BCUT2D eigenvalue weighted by atomic mass is 9.88. The molecule has 1 atom stereocenters. The number of hydrogen-bond donors (Lipinski definition) is 1. The Bertz CT molecular complexity index is 1090. The van der Waals surface area contributed by atoms with Gasteiger partial charge in [-0.15, -0.1) is 0 Å². The zero-order valence-corrected chi connectivity index (χ0v) is 19.5. The zero-order chi connectivity index (χ0) is 22.9.